The third-order valence-electron chi connectivity index (χ3n) is 2.54. The molecule has 1 heterocycles. The number of rotatable bonds is 6. The Morgan fingerprint density at radius 3 is 2.29 bits per heavy atom. The summed E-state index contributed by atoms with van der Waals surface area (Å²) < 4.78 is 0. The summed E-state index contributed by atoms with van der Waals surface area (Å²) in [5, 5.41) is 9.54. The van der Waals surface area contributed by atoms with Crippen LogP contribution in [0, 0.1) is 0 Å². The molecule has 1 atom stereocenters. The maximum atomic E-state index is 9.54. The Hall–Kier alpha value is -1.20. The zero-order valence-electron chi connectivity index (χ0n) is 11.1. The Bertz CT molecular complexity index is 326. The number of likely N-dealkylation sites (N-methyl/N-ethyl adjacent to an activating group) is 1. The molecule has 5 heteroatoms. The van der Waals surface area contributed by atoms with Crippen LogP contribution in [0.15, 0.2) is 12.4 Å². The van der Waals surface area contributed by atoms with Crippen molar-refractivity contribution in [2.75, 3.05) is 32.6 Å². The van der Waals surface area contributed by atoms with Crippen LogP contribution in [0.2, 0.25) is 0 Å². The van der Waals surface area contributed by atoms with Crippen LogP contribution in [-0.2, 0) is 6.54 Å². The summed E-state index contributed by atoms with van der Waals surface area (Å²) in [5.74, 6) is 0.713. The van der Waals surface area contributed by atoms with E-state index in [4.69, 9.17) is 0 Å². The first kappa shape index (κ1) is 13.9. The molecule has 1 N–H and O–H groups in total. The third-order valence-corrected chi connectivity index (χ3v) is 2.54. The van der Waals surface area contributed by atoms with Crippen molar-refractivity contribution in [3.63, 3.8) is 0 Å². The van der Waals surface area contributed by atoms with Crippen LogP contribution in [0.25, 0.3) is 0 Å². The van der Waals surface area contributed by atoms with Gasteiger partial charge in [0, 0.05) is 45.1 Å². The Balaban J connectivity index is 2.51. The van der Waals surface area contributed by atoms with Crippen molar-refractivity contribution >= 4 is 5.95 Å². The Kier molecular flexibility index (Phi) is 5.31. The van der Waals surface area contributed by atoms with Gasteiger partial charge < -0.3 is 10.0 Å². The number of aliphatic hydroxyl groups excluding tert-OH is 1. The van der Waals surface area contributed by atoms with Gasteiger partial charge in [-0.2, -0.15) is 0 Å². The molecule has 0 radical (unpaired) electrons. The first-order chi connectivity index (χ1) is 8.02. The van der Waals surface area contributed by atoms with E-state index in [0.29, 0.717) is 12.5 Å². The molecule has 1 aromatic rings. The van der Waals surface area contributed by atoms with E-state index in [-0.39, 0.29) is 6.10 Å². The monoisotopic (exact) mass is 238 g/mol. The summed E-state index contributed by atoms with van der Waals surface area (Å²) in [7, 11) is 5.82. The highest BCUT2D eigenvalue weighted by Crippen LogP contribution is 2.06. The van der Waals surface area contributed by atoms with Crippen LogP contribution < -0.4 is 4.90 Å². The van der Waals surface area contributed by atoms with Gasteiger partial charge in [-0.05, 0) is 13.5 Å². The first-order valence-corrected chi connectivity index (χ1v) is 5.87. The second-order valence-electron chi connectivity index (χ2n) is 4.54. The number of nitrogens with zero attached hydrogens (tertiary/aromatic N) is 4. The molecule has 0 amide bonds. The second kappa shape index (κ2) is 6.51. The molecule has 0 saturated carbocycles. The molecule has 0 unspecified atom stereocenters. The number of hydrogen-bond acceptors (Lipinski definition) is 5. The van der Waals surface area contributed by atoms with Crippen LogP contribution in [0.5, 0.6) is 0 Å². The molecule has 96 valence electrons. The van der Waals surface area contributed by atoms with Crippen molar-refractivity contribution in [1.82, 2.24) is 14.9 Å². The zero-order valence-corrected chi connectivity index (χ0v) is 11.1. The van der Waals surface area contributed by atoms with Gasteiger partial charge in [0.1, 0.15) is 0 Å². The van der Waals surface area contributed by atoms with E-state index in [1.165, 1.54) is 0 Å². The predicted molar refractivity (Wildman–Crippen MR) is 69.0 cm³/mol. The Labute approximate surface area is 103 Å². The number of aromatic nitrogens is 2. The van der Waals surface area contributed by atoms with Crippen molar-refractivity contribution < 1.29 is 5.11 Å². The van der Waals surface area contributed by atoms with Gasteiger partial charge in [0.15, 0.2) is 0 Å². The summed E-state index contributed by atoms with van der Waals surface area (Å²) in [6, 6.07) is 0. The maximum Gasteiger partial charge on any atom is 0.224 e. The highest BCUT2D eigenvalue weighted by atomic mass is 16.3. The minimum absolute atomic E-state index is 0.262. The molecule has 5 nitrogen and oxygen atoms in total. The topological polar surface area (TPSA) is 52.5 Å². The molecular formula is C12H22N4O. The average Bonchev–Trinajstić information content (AvgIpc) is 2.29. The highest BCUT2D eigenvalue weighted by Gasteiger charge is 2.07. The van der Waals surface area contributed by atoms with Gasteiger partial charge >= 0.3 is 0 Å². The van der Waals surface area contributed by atoms with Gasteiger partial charge in [0.05, 0.1) is 6.10 Å². The molecule has 0 aliphatic rings. The second-order valence-corrected chi connectivity index (χ2v) is 4.54. The van der Waals surface area contributed by atoms with Gasteiger partial charge in [-0.3, -0.25) is 4.90 Å². The summed E-state index contributed by atoms with van der Waals surface area (Å²) in [4.78, 5) is 12.5. The van der Waals surface area contributed by atoms with E-state index in [9.17, 15) is 5.11 Å². The number of anilines is 1. The molecule has 1 rings (SSSR count). The fourth-order valence-electron chi connectivity index (χ4n) is 1.53. The molecular weight excluding hydrogens is 216 g/mol. The lowest BCUT2D eigenvalue weighted by Gasteiger charge is -2.19. The summed E-state index contributed by atoms with van der Waals surface area (Å²) in [6.07, 6.45) is 4.18. The molecule has 17 heavy (non-hydrogen) atoms. The summed E-state index contributed by atoms with van der Waals surface area (Å²) >= 11 is 0. The van der Waals surface area contributed by atoms with E-state index in [0.717, 1.165) is 18.5 Å². The predicted octanol–water partition coefficient (Wildman–Crippen LogP) is 0.745. The smallest absolute Gasteiger partial charge is 0.224 e. The molecule has 0 saturated heterocycles. The third kappa shape index (κ3) is 4.66. The summed E-state index contributed by atoms with van der Waals surface area (Å²) in [5.41, 5.74) is 1.06. The quantitative estimate of drug-likeness (QED) is 0.792. The van der Waals surface area contributed by atoms with Crippen molar-refractivity contribution in [2.45, 2.75) is 26.0 Å². The maximum absolute atomic E-state index is 9.54. The zero-order chi connectivity index (χ0) is 12.8. The highest BCUT2D eigenvalue weighted by molar-refractivity contribution is 5.26. The number of hydrogen-bond donors (Lipinski definition) is 1. The van der Waals surface area contributed by atoms with Crippen LogP contribution in [0.4, 0.5) is 5.95 Å². The molecule has 0 bridgehead atoms. The number of aliphatic hydroxyl groups is 1. The van der Waals surface area contributed by atoms with Gasteiger partial charge in [-0.1, -0.05) is 6.92 Å². The van der Waals surface area contributed by atoms with E-state index >= 15 is 0 Å². The van der Waals surface area contributed by atoms with Crippen molar-refractivity contribution in [1.29, 1.82) is 0 Å². The SMILES string of the molecule is CC[C@@H](O)CN(C)Cc1cnc(N(C)C)nc1. The fourth-order valence-corrected chi connectivity index (χ4v) is 1.53. The largest absolute Gasteiger partial charge is 0.392 e. The normalized spacial score (nSPS) is 12.8. The van der Waals surface area contributed by atoms with Gasteiger partial charge in [0.25, 0.3) is 0 Å². The lowest BCUT2D eigenvalue weighted by molar-refractivity contribution is 0.119. The van der Waals surface area contributed by atoms with Crippen molar-refractivity contribution in [2.24, 2.45) is 0 Å². The van der Waals surface area contributed by atoms with E-state index < -0.39 is 0 Å². The fraction of sp³-hybridized carbons (Fsp3) is 0.667. The minimum atomic E-state index is -0.262. The molecule has 0 aromatic carbocycles. The molecule has 1 aromatic heterocycles. The van der Waals surface area contributed by atoms with Gasteiger partial charge in [-0.15, -0.1) is 0 Å². The molecule has 0 fully saturated rings. The molecule has 0 spiro atoms. The lowest BCUT2D eigenvalue weighted by Crippen LogP contribution is -2.28. The minimum Gasteiger partial charge on any atom is -0.392 e. The van der Waals surface area contributed by atoms with Crippen LogP contribution in [0.1, 0.15) is 18.9 Å². The molecule has 0 aliphatic heterocycles. The molecule has 0 aliphatic carbocycles. The van der Waals surface area contributed by atoms with Crippen LogP contribution in [-0.4, -0.2) is 53.8 Å². The first-order valence-electron chi connectivity index (χ1n) is 5.87. The average molecular weight is 238 g/mol. The van der Waals surface area contributed by atoms with E-state index in [1.807, 2.05) is 45.4 Å². The van der Waals surface area contributed by atoms with E-state index in [2.05, 4.69) is 14.9 Å². The van der Waals surface area contributed by atoms with Crippen molar-refractivity contribution in [3.05, 3.63) is 18.0 Å². The van der Waals surface area contributed by atoms with Crippen molar-refractivity contribution in [3.8, 4) is 0 Å². The summed E-state index contributed by atoms with van der Waals surface area (Å²) in [6.45, 7) is 3.41. The van der Waals surface area contributed by atoms with Gasteiger partial charge in [0.2, 0.25) is 5.95 Å². The van der Waals surface area contributed by atoms with Crippen LogP contribution >= 0.6 is 0 Å². The Morgan fingerprint density at radius 2 is 1.82 bits per heavy atom. The standard InChI is InChI=1S/C12H22N4O/c1-5-11(17)9-16(4)8-10-6-13-12(14-7-10)15(2)3/h6-7,11,17H,5,8-9H2,1-4H3/t11-/m1/s1. The lowest BCUT2D eigenvalue weighted by atomic mass is 10.2. The van der Waals surface area contributed by atoms with Gasteiger partial charge in [-0.25, -0.2) is 9.97 Å². The Morgan fingerprint density at radius 1 is 1.24 bits per heavy atom. The van der Waals surface area contributed by atoms with Crippen LogP contribution in [0.3, 0.4) is 0 Å². The van der Waals surface area contributed by atoms with E-state index in [1.54, 1.807) is 0 Å².